The molecule has 0 aliphatic heterocycles. The standard InChI is InChI=1S/C31H45F2N/c1-2-3-4-5-6-7-8-9-10-24-11-13-25(14-12-24)15-16-26-17-19-27(20-18-26)28-21-30(32)29(23-34)31(33)22-28/h15-16,21-22,24-27H,2-14,17-20H2,1H3/t24-,25-,26-,27-. The van der Waals surface area contributed by atoms with E-state index < -0.39 is 17.2 Å². The largest absolute Gasteiger partial charge is 0.205 e. The SMILES string of the molecule is CCCCCCCCCC[C@H]1CC[C@H](C=C[C@H]2CC[C@H](c3cc(F)c(C#N)c(F)c3)CC2)CC1. The lowest BCUT2D eigenvalue weighted by atomic mass is 9.76. The van der Waals surface area contributed by atoms with E-state index in [1.165, 1.54) is 95.6 Å². The van der Waals surface area contributed by atoms with Crippen molar-refractivity contribution in [2.45, 2.75) is 122 Å². The van der Waals surface area contributed by atoms with Crippen LogP contribution in [0.4, 0.5) is 8.78 Å². The van der Waals surface area contributed by atoms with Crippen molar-refractivity contribution in [1.82, 2.24) is 0 Å². The summed E-state index contributed by atoms with van der Waals surface area (Å²) in [6, 6.07) is 4.35. The summed E-state index contributed by atoms with van der Waals surface area (Å²) in [5, 5.41) is 8.87. The van der Waals surface area contributed by atoms with Gasteiger partial charge in [-0.2, -0.15) is 5.26 Å². The molecule has 2 aliphatic carbocycles. The number of hydrogen-bond donors (Lipinski definition) is 0. The van der Waals surface area contributed by atoms with E-state index in [1.807, 2.05) is 0 Å². The van der Waals surface area contributed by atoms with Crippen molar-refractivity contribution in [3.63, 3.8) is 0 Å². The molecule has 0 N–H and O–H groups in total. The molecule has 1 nitrogen and oxygen atoms in total. The summed E-state index contributed by atoms with van der Waals surface area (Å²) < 4.78 is 28.0. The zero-order chi connectivity index (χ0) is 24.2. The minimum atomic E-state index is -0.725. The first-order valence-corrected chi connectivity index (χ1v) is 14.2. The Labute approximate surface area is 207 Å². The lowest BCUT2D eigenvalue weighted by molar-refractivity contribution is 0.287. The van der Waals surface area contributed by atoms with Gasteiger partial charge in [-0.3, -0.25) is 0 Å². The van der Waals surface area contributed by atoms with Gasteiger partial charge in [0.1, 0.15) is 23.3 Å². The third-order valence-electron chi connectivity index (χ3n) is 8.43. The van der Waals surface area contributed by atoms with Crippen molar-refractivity contribution in [2.75, 3.05) is 0 Å². The molecular weight excluding hydrogens is 424 g/mol. The number of hydrogen-bond acceptors (Lipinski definition) is 1. The summed E-state index contributed by atoms with van der Waals surface area (Å²) in [5.74, 6) is 1.05. The fraction of sp³-hybridized carbons (Fsp3) is 0.710. The van der Waals surface area contributed by atoms with Crippen LogP contribution in [0.25, 0.3) is 0 Å². The summed E-state index contributed by atoms with van der Waals surface area (Å²) in [4.78, 5) is 0. The van der Waals surface area contributed by atoms with E-state index in [2.05, 4.69) is 19.1 Å². The highest BCUT2D eigenvalue weighted by Crippen LogP contribution is 2.38. The molecular formula is C31H45F2N. The highest BCUT2D eigenvalue weighted by molar-refractivity contribution is 5.36. The van der Waals surface area contributed by atoms with Gasteiger partial charge in [0.15, 0.2) is 0 Å². The second-order valence-corrected chi connectivity index (χ2v) is 11.0. The molecule has 0 aromatic heterocycles. The van der Waals surface area contributed by atoms with Gasteiger partial charge < -0.3 is 0 Å². The number of benzene rings is 1. The number of halogens is 2. The van der Waals surface area contributed by atoms with Crippen LogP contribution in [0.5, 0.6) is 0 Å². The molecule has 1 aromatic carbocycles. The van der Waals surface area contributed by atoms with Crippen LogP contribution in [-0.2, 0) is 0 Å². The van der Waals surface area contributed by atoms with Crippen molar-refractivity contribution < 1.29 is 8.78 Å². The van der Waals surface area contributed by atoms with Gasteiger partial charge in [0.2, 0.25) is 0 Å². The van der Waals surface area contributed by atoms with Crippen LogP contribution >= 0.6 is 0 Å². The molecule has 2 fully saturated rings. The van der Waals surface area contributed by atoms with Crippen LogP contribution in [0.3, 0.4) is 0 Å². The summed E-state index contributed by atoms with van der Waals surface area (Å²) >= 11 is 0. The molecule has 3 heteroatoms. The Morgan fingerprint density at radius 1 is 0.765 bits per heavy atom. The molecule has 0 spiro atoms. The molecule has 0 bridgehead atoms. The van der Waals surface area contributed by atoms with Crippen molar-refractivity contribution in [2.24, 2.45) is 17.8 Å². The van der Waals surface area contributed by atoms with E-state index in [4.69, 9.17) is 5.26 Å². The topological polar surface area (TPSA) is 23.8 Å². The van der Waals surface area contributed by atoms with Gasteiger partial charge in [0.25, 0.3) is 0 Å². The minimum absolute atomic E-state index is 0.202. The predicted octanol–water partition coefficient (Wildman–Crippen LogP) is 10.0. The Hall–Kier alpha value is -1.69. The van der Waals surface area contributed by atoms with Crippen molar-refractivity contribution in [3.8, 4) is 6.07 Å². The maximum atomic E-state index is 14.0. The van der Waals surface area contributed by atoms with Crippen LogP contribution < -0.4 is 0 Å². The maximum absolute atomic E-state index is 14.0. The summed E-state index contributed by atoms with van der Waals surface area (Å²) in [7, 11) is 0. The fourth-order valence-corrected chi connectivity index (χ4v) is 6.13. The van der Waals surface area contributed by atoms with E-state index in [1.54, 1.807) is 6.07 Å². The van der Waals surface area contributed by atoms with Gasteiger partial charge in [-0.25, -0.2) is 8.78 Å². The minimum Gasteiger partial charge on any atom is -0.205 e. The van der Waals surface area contributed by atoms with Gasteiger partial charge in [-0.1, -0.05) is 76.9 Å². The number of nitrogens with zero attached hydrogens (tertiary/aromatic N) is 1. The molecule has 188 valence electrons. The first-order chi connectivity index (χ1) is 16.6. The fourth-order valence-electron chi connectivity index (χ4n) is 6.13. The summed E-state index contributed by atoms with van der Waals surface area (Å²) in [6.07, 6.45) is 27.2. The molecule has 34 heavy (non-hydrogen) atoms. The van der Waals surface area contributed by atoms with E-state index >= 15 is 0 Å². The smallest absolute Gasteiger partial charge is 0.144 e. The van der Waals surface area contributed by atoms with Gasteiger partial charge in [-0.15, -0.1) is 0 Å². The Kier molecular flexibility index (Phi) is 11.6. The predicted molar refractivity (Wildman–Crippen MR) is 138 cm³/mol. The molecule has 0 saturated heterocycles. The highest BCUT2D eigenvalue weighted by Gasteiger charge is 2.24. The molecule has 0 heterocycles. The molecule has 0 amide bonds. The van der Waals surface area contributed by atoms with Crippen molar-refractivity contribution in [3.05, 3.63) is 47.0 Å². The normalized spacial score (nSPS) is 25.5. The second-order valence-electron chi connectivity index (χ2n) is 11.0. The van der Waals surface area contributed by atoms with E-state index in [9.17, 15) is 8.78 Å². The first kappa shape index (κ1) is 26.9. The Morgan fingerprint density at radius 2 is 1.26 bits per heavy atom. The number of rotatable bonds is 12. The zero-order valence-electron chi connectivity index (χ0n) is 21.3. The van der Waals surface area contributed by atoms with Gasteiger partial charge >= 0.3 is 0 Å². The van der Waals surface area contributed by atoms with Crippen LogP contribution in [0, 0.1) is 40.7 Å². The Bertz CT molecular complexity index is 769. The maximum Gasteiger partial charge on any atom is 0.144 e. The molecule has 2 aliphatic rings. The third-order valence-corrected chi connectivity index (χ3v) is 8.43. The average Bonchev–Trinajstić information content (AvgIpc) is 2.85. The van der Waals surface area contributed by atoms with Crippen LogP contribution in [0.1, 0.15) is 133 Å². The lowest BCUT2D eigenvalue weighted by Gasteiger charge is -2.29. The molecule has 2 saturated carbocycles. The van der Waals surface area contributed by atoms with E-state index in [0.717, 1.165) is 37.5 Å². The molecule has 0 unspecified atom stereocenters. The van der Waals surface area contributed by atoms with Gasteiger partial charge in [-0.05, 0) is 92.7 Å². The quantitative estimate of drug-likeness (QED) is 0.221. The van der Waals surface area contributed by atoms with Gasteiger partial charge in [0, 0.05) is 0 Å². The van der Waals surface area contributed by atoms with Crippen molar-refractivity contribution >= 4 is 0 Å². The highest BCUT2D eigenvalue weighted by atomic mass is 19.1. The first-order valence-electron chi connectivity index (χ1n) is 14.2. The van der Waals surface area contributed by atoms with Crippen LogP contribution in [-0.4, -0.2) is 0 Å². The number of unbranched alkanes of at least 4 members (excludes halogenated alkanes) is 7. The van der Waals surface area contributed by atoms with Gasteiger partial charge in [0.05, 0.1) is 0 Å². The Morgan fingerprint density at radius 3 is 1.79 bits per heavy atom. The van der Waals surface area contributed by atoms with Crippen molar-refractivity contribution in [1.29, 1.82) is 5.26 Å². The average molecular weight is 470 g/mol. The lowest BCUT2D eigenvalue weighted by Crippen LogP contribution is -2.15. The van der Waals surface area contributed by atoms with Crippen LogP contribution in [0.15, 0.2) is 24.3 Å². The van der Waals surface area contributed by atoms with E-state index in [0.29, 0.717) is 11.5 Å². The van der Waals surface area contributed by atoms with Crippen LogP contribution in [0.2, 0.25) is 0 Å². The number of nitriles is 1. The summed E-state index contributed by atoms with van der Waals surface area (Å²) in [5.41, 5.74) is 0.249. The number of allylic oxidation sites excluding steroid dienone is 2. The molecule has 3 rings (SSSR count). The Balaban J connectivity index is 1.29. The summed E-state index contributed by atoms with van der Waals surface area (Å²) in [6.45, 7) is 2.28. The monoisotopic (exact) mass is 469 g/mol. The molecule has 0 radical (unpaired) electrons. The third kappa shape index (κ3) is 8.51. The zero-order valence-corrected chi connectivity index (χ0v) is 21.3. The molecule has 1 aromatic rings. The molecule has 0 atom stereocenters. The van der Waals surface area contributed by atoms with E-state index in [-0.39, 0.29) is 5.92 Å². The second kappa shape index (κ2) is 14.7.